The second-order valence-electron chi connectivity index (χ2n) is 4.53. The van der Waals surface area contributed by atoms with Crippen LogP contribution in [-0.2, 0) is 4.79 Å². The van der Waals surface area contributed by atoms with Gasteiger partial charge in [-0.25, -0.2) is 9.37 Å². The van der Waals surface area contributed by atoms with E-state index in [0.29, 0.717) is 5.19 Å². The Morgan fingerprint density at radius 1 is 1.35 bits per heavy atom. The molecule has 104 valence electrons. The largest absolute Gasteiger partial charge is 0.460 e. The van der Waals surface area contributed by atoms with E-state index in [2.05, 4.69) is 4.98 Å². The fraction of sp³-hybridized carbons (Fsp3) is 0.286. The van der Waals surface area contributed by atoms with E-state index in [1.165, 1.54) is 23.5 Å². The van der Waals surface area contributed by atoms with Crippen LogP contribution in [0.3, 0.4) is 0 Å². The fourth-order valence-electron chi connectivity index (χ4n) is 1.86. The van der Waals surface area contributed by atoms with Crippen LogP contribution in [-0.4, -0.2) is 35.5 Å². The number of benzene rings is 1. The highest BCUT2D eigenvalue weighted by Crippen LogP contribution is 2.26. The van der Waals surface area contributed by atoms with Crippen LogP contribution in [0.1, 0.15) is 6.42 Å². The second-order valence-corrected chi connectivity index (χ2v) is 5.35. The van der Waals surface area contributed by atoms with Gasteiger partial charge in [-0.15, -0.1) is 0 Å². The van der Waals surface area contributed by atoms with Gasteiger partial charge in [0, 0.05) is 24.0 Å². The fourth-order valence-corrected chi connectivity index (χ4v) is 2.54. The van der Waals surface area contributed by atoms with Gasteiger partial charge >= 0.3 is 0 Å². The van der Waals surface area contributed by atoms with Gasteiger partial charge in [0.1, 0.15) is 5.82 Å². The molecule has 1 aromatic carbocycles. The summed E-state index contributed by atoms with van der Waals surface area (Å²) in [5, 5.41) is 2.29. The zero-order valence-electron chi connectivity index (χ0n) is 10.7. The van der Waals surface area contributed by atoms with E-state index in [-0.39, 0.29) is 18.3 Å². The highest BCUT2D eigenvalue weighted by atomic mass is 32.1. The van der Waals surface area contributed by atoms with Crippen LogP contribution >= 0.6 is 11.3 Å². The summed E-state index contributed by atoms with van der Waals surface area (Å²) in [6.45, 7) is 1.66. The number of carbonyl (C=O) groups excluding carboxylic acids is 1. The summed E-state index contributed by atoms with van der Waals surface area (Å²) in [5.74, 6) is -0.282. The van der Waals surface area contributed by atoms with Crippen molar-refractivity contribution in [3.63, 3.8) is 0 Å². The van der Waals surface area contributed by atoms with E-state index in [1.807, 2.05) is 5.38 Å². The topological polar surface area (TPSA) is 42.4 Å². The van der Waals surface area contributed by atoms with E-state index in [0.717, 1.165) is 30.8 Å². The molecular weight excluding hydrogens is 279 g/mol. The van der Waals surface area contributed by atoms with Gasteiger partial charge in [0.2, 0.25) is 0 Å². The summed E-state index contributed by atoms with van der Waals surface area (Å²) in [6, 6.07) is 6.12. The van der Waals surface area contributed by atoms with Crippen LogP contribution < -0.4 is 4.74 Å². The highest BCUT2D eigenvalue weighted by Gasteiger charge is 2.20. The maximum absolute atomic E-state index is 12.8. The third-order valence-corrected chi connectivity index (χ3v) is 3.90. The number of amides is 1. The number of hydrogen-bond acceptors (Lipinski definition) is 4. The Morgan fingerprint density at radius 3 is 2.75 bits per heavy atom. The maximum atomic E-state index is 12.8. The second kappa shape index (κ2) is 5.58. The molecule has 1 aromatic heterocycles. The summed E-state index contributed by atoms with van der Waals surface area (Å²) in [7, 11) is 0. The smallest absolute Gasteiger partial charge is 0.274 e. The lowest BCUT2D eigenvalue weighted by Crippen LogP contribution is -2.44. The average molecular weight is 292 g/mol. The molecule has 2 heterocycles. The third-order valence-electron chi connectivity index (χ3n) is 3.15. The number of aromatic nitrogens is 1. The quantitative estimate of drug-likeness (QED) is 0.869. The monoisotopic (exact) mass is 292 g/mol. The molecule has 0 unspecified atom stereocenters. The molecule has 0 atom stereocenters. The van der Waals surface area contributed by atoms with Gasteiger partial charge in [-0.05, 0) is 30.7 Å². The van der Waals surface area contributed by atoms with E-state index < -0.39 is 0 Å². The van der Waals surface area contributed by atoms with Crippen LogP contribution in [0.15, 0.2) is 29.6 Å². The minimum atomic E-state index is -0.277. The lowest BCUT2D eigenvalue weighted by Gasteiger charge is -2.30. The lowest BCUT2D eigenvalue weighted by atomic mass is 10.2. The van der Waals surface area contributed by atoms with Gasteiger partial charge in [0.25, 0.3) is 11.1 Å². The first kappa shape index (κ1) is 13.1. The molecule has 1 aliphatic heterocycles. The number of nitrogens with zero attached hydrogens (tertiary/aromatic N) is 2. The Bertz CT molecular complexity index is 608. The van der Waals surface area contributed by atoms with Gasteiger partial charge in [-0.2, -0.15) is 0 Å². The number of hydrogen-bond donors (Lipinski definition) is 0. The molecule has 1 fully saturated rings. The summed E-state index contributed by atoms with van der Waals surface area (Å²) in [6.07, 6.45) is 1.07. The molecule has 0 aliphatic carbocycles. The molecule has 1 saturated heterocycles. The van der Waals surface area contributed by atoms with Crippen LogP contribution in [0.4, 0.5) is 4.39 Å². The van der Waals surface area contributed by atoms with Crippen LogP contribution in [0.2, 0.25) is 0 Å². The SMILES string of the molecule is O=C(COc1nc(-c2ccc(F)cc2)cs1)N1CCC1. The van der Waals surface area contributed by atoms with Crippen molar-refractivity contribution >= 4 is 17.2 Å². The first-order valence-corrected chi connectivity index (χ1v) is 7.22. The molecule has 2 aromatic rings. The van der Waals surface area contributed by atoms with Gasteiger partial charge < -0.3 is 9.64 Å². The summed E-state index contributed by atoms with van der Waals surface area (Å²) in [5.41, 5.74) is 1.55. The molecule has 0 radical (unpaired) electrons. The molecule has 0 N–H and O–H groups in total. The standard InChI is InChI=1S/C14H13FN2O2S/c15-11-4-2-10(3-5-11)12-9-20-14(16-12)19-8-13(18)17-6-1-7-17/h2-5,9H,1,6-8H2. The van der Waals surface area contributed by atoms with Crippen molar-refractivity contribution in [3.05, 3.63) is 35.5 Å². The van der Waals surface area contributed by atoms with Crippen LogP contribution in [0.5, 0.6) is 5.19 Å². The maximum Gasteiger partial charge on any atom is 0.274 e. The van der Waals surface area contributed by atoms with Crippen molar-refractivity contribution in [2.45, 2.75) is 6.42 Å². The van der Waals surface area contributed by atoms with Crippen molar-refractivity contribution < 1.29 is 13.9 Å². The molecule has 6 heteroatoms. The van der Waals surface area contributed by atoms with Gasteiger partial charge in [0.15, 0.2) is 6.61 Å². The summed E-state index contributed by atoms with van der Waals surface area (Å²) < 4.78 is 18.2. The third kappa shape index (κ3) is 2.80. The van der Waals surface area contributed by atoms with Crippen LogP contribution in [0.25, 0.3) is 11.3 Å². The number of carbonyl (C=O) groups is 1. The van der Waals surface area contributed by atoms with E-state index in [9.17, 15) is 9.18 Å². The molecule has 0 saturated carbocycles. The number of ether oxygens (including phenoxy) is 1. The van der Waals surface area contributed by atoms with Gasteiger partial charge in [-0.3, -0.25) is 4.79 Å². The Balaban J connectivity index is 1.61. The van der Waals surface area contributed by atoms with E-state index in [4.69, 9.17) is 4.74 Å². The van der Waals surface area contributed by atoms with Gasteiger partial charge in [0.05, 0.1) is 5.69 Å². The Hall–Kier alpha value is -1.95. The Labute approximate surface area is 119 Å². The predicted molar refractivity (Wildman–Crippen MR) is 74.2 cm³/mol. The molecule has 20 heavy (non-hydrogen) atoms. The van der Waals surface area contributed by atoms with E-state index in [1.54, 1.807) is 17.0 Å². The lowest BCUT2D eigenvalue weighted by molar-refractivity contribution is -0.136. The summed E-state index contributed by atoms with van der Waals surface area (Å²) >= 11 is 1.33. The highest BCUT2D eigenvalue weighted by molar-refractivity contribution is 7.11. The first-order chi connectivity index (χ1) is 9.72. The summed E-state index contributed by atoms with van der Waals surface area (Å²) in [4.78, 5) is 17.7. The molecule has 0 spiro atoms. The minimum absolute atomic E-state index is 0.00483. The zero-order valence-corrected chi connectivity index (χ0v) is 11.5. The van der Waals surface area contributed by atoms with Crippen molar-refractivity contribution in [2.75, 3.05) is 19.7 Å². The van der Waals surface area contributed by atoms with Crippen molar-refractivity contribution in [1.29, 1.82) is 0 Å². The number of likely N-dealkylation sites (tertiary alicyclic amines) is 1. The van der Waals surface area contributed by atoms with E-state index >= 15 is 0 Å². The molecule has 1 aliphatic rings. The molecule has 0 bridgehead atoms. The first-order valence-electron chi connectivity index (χ1n) is 6.34. The molecule has 1 amide bonds. The Kier molecular flexibility index (Phi) is 3.64. The van der Waals surface area contributed by atoms with Crippen molar-refractivity contribution in [2.24, 2.45) is 0 Å². The normalized spacial score (nSPS) is 13.9. The molecular formula is C14H13FN2O2S. The van der Waals surface area contributed by atoms with Crippen molar-refractivity contribution in [1.82, 2.24) is 9.88 Å². The zero-order chi connectivity index (χ0) is 13.9. The van der Waals surface area contributed by atoms with Crippen LogP contribution in [0, 0.1) is 5.82 Å². The van der Waals surface area contributed by atoms with Crippen molar-refractivity contribution in [3.8, 4) is 16.5 Å². The number of thiazole rings is 1. The molecule has 3 rings (SSSR count). The minimum Gasteiger partial charge on any atom is -0.460 e. The number of halogens is 1. The average Bonchev–Trinajstić information content (AvgIpc) is 2.84. The Morgan fingerprint density at radius 2 is 2.10 bits per heavy atom. The van der Waals surface area contributed by atoms with Gasteiger partial charge in [-0.1, -0.05) is 11.3 Å². The predicted octanol–water partition coefficient (Wildman–Crippen LogP) is 2.56. The molecule has 4 nitrogen and oxygen atoms in total. The number of rotatable bonds is 4.